The Labute approximate surface area is 562 Å². The number of hydrogen-bond acceptors (Lipinski definition) is 18. The molecule has 39 nitrogen and oxygen atoms in total. The molecule has 0 unspecified atom stereocenters. The quantitative estimate of drug-likeness (QED) is 0.0166. The van der Waals surface area contributed by atoms with Gasteiger partial charge in [-0.1, -0.05) is 18.2 Å². The van der Waals surface area contributed by atoms with Gasteiger partial charge in [-0.05, 0) is 134 Å². The fourth-order valence-corrected chi connectivity index (χ4v) is 9.72. The summed E-state index contributed by atoms with van der Waals surface area (Å²) in [5, 5.41) is 31.8. The van der Waals surface area contributed by atoms with Crippen molar-refractivity contribution in [2.24, 2.45) is 105 Å². The molecule has 38 N–H and O–H groups in total. The van der Waals surface area contributed by atoms with Gasteiger partial charge in [-0.2, -0.15) is 0 Å². The molecular weight excluding hydrogens is 1260 g/mol. The van der Waals surface area contributed by atoms with Crippen molar-refractivity contribution in [1.82, 2.24) is 47.5 Å². The number of carbonyl (C=O) groups is 10. The number of H-pyrrole nitrogens is 1. The molecule has 0 saturated carbocycles. The van der Waals surface area contributed by atoms with E-state index < -0.39 is 126 Å². The van der Waals surface area contributed by atoms with Crippen LogP contribution in [0.4, 0.5) is 0 Å². The van der Waals surface area contributed by atoms with E-state index in [1.165, 1.54) is 0 Å². The number of carbonyl (C=O) groups excluding carboxylic acids is 9. The van der Waals surface area contributed by atoms with Crippen molar-refractivity contribution in [3.63, 3.8) is 0 Å². The lowest BCUT2D eigenvalue weighted by atomic mass is 10.0. The van der Waals surface area contributed by atoms with Gasteiger partial charge < -0.3 is 133 Å². The highest BCUT2D eigenvalue weighted by atomic mass is 16.4. The van der Waals surface area contributed by atoms with Gasteiger partial charge in [0.2, 0.25) is 53.2 Å². The monoisotopic (exact) mass is 1370 g/mol. The summed E-state index contributed by atoms with van der Waals surface area (Å²) in [6.07, 6.45) is 2.22. The predicted molar refractivity (Wildman–Crippen MR) is 367 cm³/mol. The van der Waals surface area contributed by atoms with Crippen molar-refractivity contribution in [3.8, 4) is 0 Å². The number of aliphatic carboxylic acids is 1. The van der Waals surface area contributed by atoms with Crippen LogP contribution in [0, 0.1) is 0 Å². The zero-order valence-corrected chi connectivity index (χ0v) is 54.8. The summed E-state index contributed by atoms with van der Waals surface area (Å²) >= 11 is 0. The van der Waals surface area contributed by atoms with Crippen molar-refractivity contribution >= 4 is 99.8 Å². The summed E-state index contributed by atoms with van der Waals surface area (Å²) in [7, 11) is 0. The smallest absolute Gasteiger partial charge is 0.326 e. The molecule has 0 radical (unpaired) electrons. The van der Waals surface area contributed by atoms with Gasteiger partial charge in [0.25, 0.3) is 0 Å². The Kier molecular flexibility index (Phi) is 39.2. The highest BCUT2D eigenvalue weighted by Gasteiger charge is 2.36. The van der Waals surface area contributed by atoms with Crippen LogP contribution < -0.4 is 123 Å². The highest BCUT2D eigenvalue weighted by molar-refractivity contribution is 5.99. The maximum Gasteiger partial charge on any atom is 0.326 e. The Morgan fingerprint density at radius 1 is 0.381 bits per heavy atom. The van der Waals surface area contributed by atoms with E-state index in [9.17, 15) is 53.1 Å². The molecule has 0 aliphatic rings. The lowest BCUT2D eigenvalue weighted by Crippen LogP contribution is -2.60. The molecule has 0 bridgehead atoms. The SMILES string of the molecule is NCCCC[C@H](NC(=O)[C@H](N)CCCN=C(N)N)C(=O)N[C@@H](CCCCN)C(=O)N[C@@H](CCCN=C(N)N)C(=O)N[C@H](CCCN=C(N)N)C(=O)N[C@@H](CCC(N)=O)C(=O)N[C@@H](CCCN=C(N)N)C(=O)N[C@@H](Cc1c[nH]c2ccccc12)C(=O)N[C@H](CCCN=C(N)N)C(=O)O. The van der Waals surface area contributed by atoms with E-state index in [4.69, 9.17) is 80.3 Å². The van der Waals surface area contributed by atoms with Gasteiger partial charge in [0.1, 0.15) is 48.3 Å². The number of aromatic amines is 1. The molecule has 9 atom stereocenters. The van der Waals surface area contributed by atoms with E-state index in [-0.39, 0.29) is 153 Å². The third-order valence-electron chi connectivity index (χ3n) is 14.8. The second-order valence-electron chi connectivity index (χ2n) is 22.8. The van der Waals surface area contributed by atoms with Crippen LogP contribution in [-0.2, 0) is 54.4 Å². The van der Waals surface area contributed by atoms with Crippen LogP contribution >= 0.6 is 0 Å². The normalized spacial score (nSPS) is 13.7. The van der Waals surface area contributed by atoms with E-state index in [1.807, 2.05) is 0 Å². The van der Waals surface area contributed by atoms with E-state index in [0.717, 1.165) is 0 Å². The number of nitrogens with two attached hydrogens (primary N) is 14. The van der Waals surface area contributed by atoms with Crippen molar-refractivity contribution < 1.29 is 53.1 Å². The number of nitrogens with zero attached hydrogens (tertiary/aromatic N) is 5. The van der Waals surface area contributed by atoms with Crippen molar-refractivity contribution in [1.29, 1.82) is 0 Å². The first-order chi connectivity index (χ1) is 46.1. The van der Waals surface area contributed by atoms with Gasteiger partial charge in [-0.25, -0.2) is 4.79 Å². The first-order valence-electron chi connectivity index (χ1n) is 32.0. The maximum atomic E-state index is 14.7. The number of para-hydroxylation sites is 1. The van der Waals surface area contributed by atoms with Crippen LogP contribution in [0.1, 0.15) is 121 Å². The maximum absolute atomic E-state index is 14.7. The Morgan fingerprint density at radius 2 is 0.680 bits per heavy atom. The highest BCUT2D eigenvalue weighted by Crippen LogP contribution is 2.20. The fourth-order valence-electron chi connectivity index (χ4n) is 9.72. The summed E-state index contributed by atoms with van der Waals surface area (Å²) in [5.74, 6) is -10.7. The summed E-state index contributed by atoms with van der Waals surface area (Å²) in [4.78, 5) is 163. The molecule has 2 aromatic rings. The topological polar surface area (TPSA) is 729 Å². The summed E-state index contributed by atoms with van der Waals surface area (Å²) in [6.45, 7) is 0.601. The first-order valence-corrected chi connectivity index (χ1v) is 32.0. The first kappa shape index (κ1) is 82.8. The Bertz CT molecular complexity index is 3010. The summed E-state index contributed by atoms with van der Waals surface area (Å²) in [6, 6.07) is -5.76. The zero-order valence-electron chi connectivity index (χ0n) is 54.8. The van der Waals surface area contributed by atoms with Crippen LogP contribution in [0.5, 0.6) is 0 Å². The van der Waals surface area contributed by atoms with Crippen LogP contribution in [-0.4, -0.2) is 199 Å². The van der Waals surface area contributed by atoms with Gasteiger partial charge >= 0.3 is 5.97 Å². The van der Waals surface area contributed by atoms with Gasteiger partial charge in [0.15, 0.2) is 29.8 Å². The van der Waals surface area contributed by atoms with Crippen LogP contribution in [0.15, 0.2) is 55.4 Å². The van der Waals surface area contributed by atoms with Gasteiger partial charge in [0.05, 0.1) is 6.04 Å². The number of carboxylic acids is 1. The molecule has 2 rings (SSSR count). The second-order valence-corrected chi connectivity index (χ2v) is 22.8. The molecule has 0 spiro atoms. The number of fused-ring (bicyclic) bond motifs is 1. The molecule has 542 valence electrons. The lowest BCUT2D eigenvalue weighted by Gasteiger charge is -2.28. The van der Waals surface area contributed by atoms with Crippen LogP contribution in [0.2, 0.25) is 0 Å². The molecule has 97 heavy (non-hydrogen) atoms. The molecule has 1 aromatic heterocycles. The van der Waals surface area contributed by atoms with Gasteiger partial charge in [-0.3, -0.25) is 68.1 Å². The number of carboxylic acid groups (broad SMARTS) is 1. The number of unbranched alkanes of at least 4 members (excludes halogenated alkanes) is 2. The van der Waals surface area contributed by atoms with Gasteiger partial charge in [0, 0.05) is 62.7 Å². The zero-order chi connectivity index (χ0) is 72.4. The number of hydrogen-bond donors (Lipinski definition) is 24. The molecule has 0 aliphatic heterocycles. The number of aliphatic imine (C=N–C) groups is 5. The second kappa shape index (κ2) is 45.9. The molecule has 39 heteroatoms. The number of guanidine groups is 5. The number of amides is 9. The Balaban J connectivity index is 2.67. The fraction of sp³-hybridized carbons (Fsp3) is 0.603. The van der Waals surface area contributed by atoms with Crippen molar-refractivity contribution in [2.75, 3.05) is 45.8 Å². The van der Waals surface area contributed by atoms with Crippen LogP contribution in [0.25, 0.3) is 10.9 Å². The van der Waals surface area contributed by atoms with E-state index in [2.05, 4.69) is 72.5 Å². The number of aromatic nitrogens is 1. The number of nitrogens with one attached hydrogen (secondary N) is 9. The minimum atomic E-state index is -1.69. The minimum absolute atomic E-state index is 0.00599. The lowest BCUT2D eigenvalue weighted by molar-refractivity contribution is -0.142. The average Bonchev–Trinajstić information content (AvgIpc) is 1.74. The van der Waals surface area contributed by atoms with E-state index >= 15 is 0 Å². The number of rotatable bonds is 50. The molecular formula is C58H104N28O11. The molecule has 9 amide bonds. The molecule has 0 fully saturated rings. The van der Waals surface area contributed by atoms with Crippen LogP contribution in [0.3, 0.4) is 0 Å². The molecule has 1 aromatic carbocycles. The predicted octanol–water partition coefficient (Wildman–Crippen LogP) is -8.21. The van der Waals surface area contributed by atoms with Gasteiger partial charge in [-0.15, -0.1) is 0 Å². The van der Waals surface area contributed by atoms with Crippen molar-refractivity contribution in [3.05, 3.63) is 36.0 Å². The van der Waals surface area contributed by atoms with E-state index in [1.54, 1.807) is 30.5 Å². The third kappa shape index (κ3) is 34.6. The average molecular weight is 1370 g/mol. The summed E-state index contributed by atoms with van der Waals surface area (Å²) < 4.78 is 0. The molecule has 1 heterocycles. The Hall–Kier alpha value is -10.3. The third-order valence-corrected chi connectivity index (χ3v) is 14.8. The minimum Gasteiger partial charge on any atom is -0.480 e. The Morgan fingerprint density at radius 3 is 1.03 bits per heavy atom. The number of primary amides is 1. The number of benzene rings is 1. The largest absolute Gasteiger partial charge is 0.480 e. The molecule has 0 saturated heterocycles. The van der Waals surface area contributed by atoms with Crippen molar-refractivity contribution in [2.45, 2.75) is 176 Å². The standard InChI is InChI=1S/C58H104N28O11/c59-23-5-3-15-36(79-45(88)34(61)13-7-25-73-54(63)64)46(89)80-37(16-4-6-24-60)47(90)81-38(17-8-26-74-55(65)66)48(91)82-39(18-9-27-75-56(67)68)49(92)84-41(21-22-44(62)87)51(94)83-40(19-10-28-76-57(69)70)50(93)86-43(30-32-31-78-35-14-2-1-12-33(32)35)52(95)85-42(53(96)97)20-11-29-77-58(71)72/h1-2,12,14,31,34,36-43,78H,3-11,13,15-30,59-61H2,(H2,62,87)(H,79,88)(H,80,89)(H,81,90)(H,82,91)(H,83,94)(H,84,92)(H,85,95)(H,86,93)(H,96,97)(H4,63,64,73)(H4,65,66,74)(H4,67,68,75)(H4,69,70,76)(H4,71,72,77)/t34-,36+,37+,38+,39-,40+,41+,42-,43+/m1/s1. The van der Waals surface area contributed by atoms with E-state index in [0.29, 0.717) is 48.6 Å². The summed E-state index contributed by atoms with van der Waals surface area (Å²) in [5.41, 5.74) is 79.7. The molecule has 0 aliphatic carbocycles.